The minimum atomic E-state index is -0.319. The van der Waals surface area contributed by atoms with E-state index in [9.17, 15) is 9.18 Å². The predicted octanol–water partition coefficient (Wildman–Crippen LogP) is 2.71. The molecule has 0 amide bonds. The Morgan fingerprint density at radius 3 is 2.75 bits per heavy atom. The Bertz CT molecular complexity index is 432. The van der Waals surface area contributed by atoms with Gasteiger partial charge in [-0.05, 0) is 23.8 Å². The highest BCUT2D eigenvalue weighted by Crippen LogP contribution is 2.11. The fraction of sp³-hybridized carbons (Fsp3) is 0.154. The Morgan fingerprint density at radius 2 is 2.06 bits per heavy atom. The molecule has 0 spiro atoms. The van der Waals surface area contributed by atoms with Gasteiger partial charge >= 0.3 is 5.97 Å². The maximum absolute atomic E-state index is 12.6. The highest BCUT2D eigenvalue weighted by Gasteiger charge is 2.11. The molecule has 0 N–H and O–H groups in total. The first-order chi connectivity index (χ1) is 7.74. The van der Waals surface area contributed by atoms with Gasteiger partial charge in [-0.3, -0.25) is 0 Å². The van der Waals surface area contributed by atoms with Crippen molar-refractivity contribution < 1.29 is 13.9 Å². The van der Waals surface area contributed by atoms with E-state index >= 15 is 0 Å². The number of carbonyl (C=O) groups is 1. The van der Waals surface area contributed by atoms with Crippen LogP contribution in [-0.2, 0) is 9.53 Å². The smallest absolute Gasteiger partial charge is 0.331 e. The number of benzene rings is 1. The Morgan fingerprint density at radius 1 is 1.31 bits per heavy atom. The normalized spacial score (nSPS) is 20.1. The van der Waals surface area contributed by atoms with Gasteiger partial charge in [0.15, 0.2) is 0 Å². The van der Waals surface area contributed by atoms with E-state index < -0.39 is 0 Å². The third-order valence-electron chi connectivity index (χ3n) is 2.26. The summed E-state index contributed by atoms with van der Waals surface area (Å²) in [6.45, 7) is 0. The highest BCUT2D eigenvalue weighted by molar-refractivity contribution is 5.83. The van der Waals surface area contributed by atoms with Crippen LogP contribution in [-0.4, -0.2) is 12.1 Å². The molecule has 0 aromatic heterocycles. The second-order valence-electron chi connectivity index (χ2n) is 3.52. The quantitative estimate of drug-likeness (QED) is 0.713. The summed E-state index contributed by atoms with van der Waals surface area (Å²) in [4.78, 5) is 10.9. The SMILES string of the molecule is O=C1C=CCC(/C=C/c2ccc(F)cc2)O1. The summed E-state index contributed by atoms with van der Waals surface area (Å²) in [5.41, 5.74) is 0.881. The number of hydrogen-bond acceptors (Lipinski definition) is 2. The van der Waals surface area contributed by atoms with Crippen LogP contribution in [0.15, 0.2) is 42.5 Å². The summed E-state index contributed by atoms with van der Waals surface area (Å²) < 4.78 is 17.7. The number of carbonyl (C=O) groups excluding carboxylic acids is 1. The molecule has 3 heteroatoms. The van der Waals surface area contributed by atoms with E-state index in [0.717, 1.165) is 5.56 Å². The molecular weight excluding hydrogens is 207 g/mol. The number of esters is 1. The lowest BCUT2D eigenvalue weighted by Crippen LogP contribution is -2.17. The lowest BCUT2D eigenvalue weighted by Gasteiger charge is -2.14. The van der Waals surface area contributed by atoms with Crippen molar-refractivity contribution in [2.24, 2.45) is 0 Å². The first kappa shape index (κ1) is 10.6. The largest absolute Gasteiger partial charge is 0.455 e. The maximum Gasteiger partial charge on any atom is 0.331 e. The van der Waals surface area contributed by atoms with Crippen LogP contribution < -0.4 is 0 Å². The van der Waals surface area contributed by atoms with Crippen LogP contribution in [0.5, 0.6) is 0 Å². The summed E-state index contributed by atoms with van der Waals surface area (Å²) in [6.07, 6.45) is 7.28. The molecule has 0 saturated carbocycles. The van der Waals surface area contributed by atoms with Crippen molar-refractivity contribution >= 4 is 12.0 Å². The zero-order chi connectivity index (χ0) is 11.4. The number of halogens is 1. The van der Waals surface area contributed by atoms with E-state index in [1.165, 1.54) is 18.2 Å². The molecule has 16 heavy (non-hydrogen) atoms. The Labute approximate surface area is 93.0 Å². The fourth-order valence-electron chi connectivity index (χ4n) is 1.45. The standard InChI is InChI=1S/C13H11FO2/c14-11-7-4-10(5-8-11)6-9-12-2-1-3-13(15)16-12/h1,3-9,12H,2H2/b9-6+. The van der Waals surface area contributed by atoms with E-state index in [1.807, 2.05) is 6.08 Å². The molecule has 1 aromatic rings. The number of cyclic esters (lactones) is 1. The summed E-state index contributed by atoms with van der Waals surface area (Å²) in [5.74, 6) is -0.579. The highest BCUT2D eigenvalue weighted by atomic mass is 19.1. The van der Waals surface area contributed by atoms with Crippen LogP contribution >= 0.6 is 0 Å². The van der Waals surface area contributed by atoms with Gasteiger partial charge in [0.25, 0.3) is 0 Å². The molecule has 0 fully saturated rings. The first-order valence-electron chi connectivity index (χ1n) is 5.05. The molecule has 1 aliphatic rings. The van der Waals surface area contributed by atoms with Crippen LogP contribution in [0, 0.1) is 5.82 Å². The Hall–Kier alpha value is -1.90. The Balaban J connectivity index is 2.01. The van der Waals surface area contributed by atoms with Crippen molar-refractivity contribution in [2.75, 3.05) is 0 Å². The molecule has 1 aromatic carbocycles. The van der Waals surface area contributed by atoms with E-state index in [4.69, 9.17) is 4.74 Å². The van der Waals surface area contributed by atoms with Crippen LogP contribution in [0.2, 0.25) is 0 Å². The van der Waals surface area contributed by atoms with Crippen LogP contribution in [0.25, 0.3) is 6.08 Å². The monoisotopic (exact) mass is 218 g/mol. The lowest BCUT2D eigenvalue weighted by atomic mass is 10.1. The van der Waals surface area contributed by atoms with Gasteiger partial charge in [0, 0.05) is 12.5 Å². The third-order valence-corrected chi connectivity index (χ3v) is 2.26. The lowest BCUT2D eigenvalue weighted by molar-refractivity contribution is -0.141. The number of ether oxygens (including phenoxy) is 1. The zero-order valence-corrected chi connectivity index (χ0v) is 8.60. The van der Waals surface area contributed by atoms with Crippen molar-refractivity contribution in [3.63, 3.8) is 0 Å². The molecule has 1 atom stereocenters. The second kappa shape index (κ2) is 4.75. The van der Waals surface area contributed by atoms with E-state index in [0.29, 0.717) is 6.42 Å². The average Bonchev–Trinajstić information content (AvgIpc) is 2.28. The molecule has 1 aliphatic heterocycles. The average molecular weight is 218 g/mol. The minimum Gasteiger partial charge on any atom is -0.455 e. The minimum absolute atomic E-state index is 0.220. The van der Waals surface area contributed by atoms with E-state index in [2.05, 4.69) is 0 Å². The molecule has 1 heterocycles. The predicted molar refractivity (Wildman–Crippen MR) is 59.1 cm³/mol. The zero-order valence-electron chi connectivity index (χ0n) is 8.60. The van der Waals surface area contributed by atoms with Crippen molar-refractivity contribution in [3.05, 3.63) is 53.9 Å². The molecule has 2 nitrogen and oxygen atoms in total. The molecule has 0 saturated heterocycles. The fourth-order valence-corrected chi connectivity index (χ4v) is 1.45. The molecule has 0 bridgehead atoms. The van der Waals surface area contributed by atoms with Crippen molar-refractivity contribution in [2.45, 2.75) is 12.5 Å². The molecule has 0 radical (unpaired) electrons. The van der Waals surface area contributed by atoms with E-state index in [1.54, 1.807) is 24.3 Å². The van der Waals surface area contributed by atoms with Gasteiger partial charge in [-0.15, -0.1) is 0 Å². The van der Waals surface area contributed by atoms with Crippen LogP contribution in [0.1, 0.15) is 12.0 Å². The van der Waals surface area contributed by atoms with Gasteiger partial charge in [-0.25, -0.2) is 9.18 Å². The molecule has 1 unspecified atom stereocenters. The Kier molecular flexibility index (Phi) is 3.15. The second-order valence-corrected chi connectivity index (χ2v) is 3.52. The van der Waals surface area contributed by atoms with Gasteiger partial charge in [0.1, 0.15) is 11.9 Å². The number of rotatable bonds is 2. The third kappa shape index (κ3) is 2.79. The van der Waals surface area contributed by atoms with Crippen molar-refractivity contribution in [1.29, 1.82) is 0 Å². The van der Waals surface area contributed by atoms with Gasteiger partial charge in [-0.1, -0.05) is 24.3 Å². The van der Waals surface area contributed by atoms with Gasteiger partial charge in [-0.2, -0.15) is 0 Å². The topological polar surface area (TPSA) is 26.3 Å². The van der Waals surface area contributed by atoms with Crippen LogP contribution in [0.4, 0.5) is 4.39 Å². The molecule has 2 rings (SSSR count). The van der Waals surface area contributed by atoms with Gasteiger partial charge in [0.05, 0.1) is 0 Å². The summed E-state index contributed by atoms with van der Waals surface area (Å²) in [7, 11) is 0. The summed E-state index contributed by atoms with van der Waals surface area (Å²) in [6, 6.07) is 6.14. The van der Waals surface area contributed by atoms with Crippen LogP contribution in [0.3, 0.4) is 0 Å². The molecule has 82 valence electrons. The van der Waals surface area contributed by atoms with E-state index in [-0.39, 0.29) is 17.9 Å². The van der Waals surface area contributed by atoms with Gasteiger partial charge in [0.2, 0.25) is 0 Å². The van der Waals surface area contributed by atoms with Crippen molar-refractivity contribution in [1.82, 2.24) is 0 Å². The first-order valence-corrected chi connectivity index (χ1v) is 5.05. The van der Waals surface area contributed by atoms with Crippen molar-refractivity contribution in [3.8, 4) is 0 Å². The van der Waals surface area contributed by atoms with Gasteiger partial charge < -0.3 is 4.74 Å². The molecule has 0 aliphatic carbocycles. The summed E-state index contributed by atoms with van der Waals surface area (Å²) in [5, 5.41) is 0. The molecular formula is C13H11FO2. The number of hydrogen-bond donors (Lipinski definition) is 0. The maximum atomic E-state index is 12.6. The summed E-state index contributed by atoms with van der Waals surface area (Å²) >= 11 is 0.